The van der Waals surface area contributed by atoms with Gasteiger partial charge >= 0.3 is 0 Å². The van der Waals surface area contributed by atoms with Gasteiger partial charge in [0.2, 0.25) is 11.4 Å². The number of hydrogen-bond donors (Lipinski definition) is 1. The van der Waals surface area contributed by atoms with Crippen LogP contribution in [-0.2, 0) is 5.75 Å². The van der Waals surface area contributed by atoms with Crippen LogP contribution in [0.25, 0.3) is 22.4 Å². The third-order valence-corrected chi connectivity index (χ3v) is 4.73. The van der Waals surface area contributed by atoms with Crippen LogP contribution in [0, 0.1) is 6.92 Å². The van der Waals surface area contributed by atoms with E-state index in [1.54, 1.807) is 6.07 Å². The number of rotatable bonds is 4. The van der Waals surface area contributed by atoms with Crippen LogP contribution in [0.4, 0.5) is 0 Å². The predicted octanol–water partition coefficient (Wildman–Crippen LogP) is 4.18. The van der Waals surface area contributed by atoms with Crippen LogP contribution in [0.5, 0.6) is 0 Å². The van der Waals surface area contributed by atoms with Gasteiger partial charge in [-0.15, -0.1) is 10.2 Å². The smallest absolute Gasteiger partial charge is 0.277 e. The molecule has 0 spiro atoms. The van der Waals surface area contributed by atoms with E-state index in [1.807, 2.05) is 55.5 Å². The van der Waals surface area contributed by atoms with Gasteiger partial charge in [0.05, 0.1) is 0 Å². The van der Waals surface area contributed by atoms with E-state index in [0.29, 0.717) is 16.9 Å². The third kappa shape index (κ3) is 3.34. The second-order valence-electron chi connectivity index (χ2n) is 5.74. The topological polar surface area (TPSA) is 71.8 Å². The molecule has 6 heteroatoms. The lowest BCUT2D eigenvalue weighted by Crippen LogP contribution is -2.05. The molecule has 4 rings (SSSR count). The van der Waals surface area contributed by atoms with Crippen LogP contribution in [0.3, 0.4) is 0 Å². The summed E-state index contributed by atoms with van der Waals surface area (Å²) >= 11 is 1.42. The van der Waals surface area contributed by atoms with Crippen molar-refractivity contribution in [2.75, 3.05) is 0 Å². The van der Waals surface area contributed by atoms with Gasteiger partial charge in [-0.3, -0.25) is 4.79 Å². The van der Waals surface area contributed by atoms with Gasteiger partial charge in [-0.25, -0.2) is 0 Å². The monoisotopic (exact) mass is 349 g/mol. The Bertz CT molecular complexity index is 1100. The molecular weight excluding hydrogens is 334 g/mol. The van der Waals surface area contributed by atoms with Crippen molar-refractivity contribution < 1.29 is 4.42 Å². The van der Waals surface area contributed by atoms with Gasteiger partial charge in [0.1, 0.15) is 0 Å². The predicted molar refractivity (Wildman–Crippen MR) is 98.6 cm³/mol. The molecule has 124 valence electrons. The van der Waals surface area contributed by atoms with Crippen LogP contribution in [0.1, 0.15) is 11.1 Å². The van der Waals surface area contributed by atoms with Gasteiger partial charge < -0.3 is 9.40 Å². The molecule has 0 unspecified atom stereocenters. The van der Waals surface area contributed by atoms with Crippen LogP contribution in [0.15, 0.2) is 69.0 Å². The van der Waals surface area contributed by atoms with Crippen molar-refractivity contribution in [1.82, 2.24) is 15.2 Å². The van der Waals surface area contributed by atoms with E-state index in [2.05, 4.69) is 15.2 Å². The summed E-state index contributed by atoms with van der Waals surface area (Å²) in [6, 6.07) is 17.3. The quantitative estimate of drug-likeness (QED) is 0.560. The van der Waals surface area contributed by atoms with Crippen LogP contribution in [0.2, 0.25) is 0 Å². The lowest BCUT2D eigenvalue weighted by Gasteiger charge is -2.04. The first kappa shape index (κ1) is 15.7. The first-order valence-electron chi connectivity index (χ1n) is 7.83. The fourth-order valence-corrected chi connectivity index (χ4v) is 3.45. The number of nitrogens with one attached hydrogen (secondary N) is 1. The summed E-state index contributed by atoms with van der Waals surface area (Å²) < 4.78 is 5.74. The molecule has 0 saturated carbocycles. The van der Waals surface area contributed by atoms with E-state index in [1.165, 1.54) is 11.8 Å². The maximum Gasteiger partial charge on any atom is 0.277 e. The van der Waals surface area contributed by atoms with Gasteiger partial charge in [0.15, 0.2) is 0 Å². The Morgan fingerprint density at radius 3 is 2.84 bits per heavy atom. The van der Waals surface area contributed by atoms with Crippen molar-refractivity contribution in [2.45, 2.75) is 17.9 Å². The standard InChI is InChI=1S/C19H15N3O2S/c1-12-5-4-6-13(9-12)18-21-22-19(24-18)25-11-14-10-17(23)20-16-8-3-2-7-15(14)16/h2-10H,11H2,1H3,(H,20,23). The molecule has 0 aliphatic carbocycles. The molecule has 0 fully saturated rings. The Morgan fingerprint density at radius 1 is 1.08 bits per heavy atom. The molecule has 2 aromatic heterocycles. The fraction of sp³-hybridized carbons (Fsp3) is 0.105. The first-order chi connectivity index (χ1) is 12.2. The average Bonchev–Trinajstić information content (AvgIpc) is 3.08. The highest BCUT2D eigenvalue weighted by molar-refractivity contribution is 7.98. The van der Waals surface area contributed by atoms with Gasteiger partial charge in [-0.2, -0.15) is 0 Å². The van der Waals surface area contributed by atoms with E-state index in [-0.39, 0.29) is 5.56 Å². The number of aromatic amines is 1. The van der Waals surface area contributed by atoms with Gasteiger partial charge in [0, 0.05) is 28.3 Å². The summed E-state index contributed by atoms with van der Waals surface area (Å²) in [6.07, 6.45) is 0. The average molecular weight is 349 g/mol. The molecule has 0 bridgehead atoms. The Hall–Kier alpha value is -2.86. The van der Waals surface area contributed by atoms with Crippen molar-refractivity contribution in [2.24, 2.45) is 0 Å². The van der Waals surface area contributed by atoms with Crippen molar-refractivity contribution >= 4 is 22.7 Å². The van der Waals surface area contributed by atoms with Crippen molar-refractivity contribution in [3.63, 3.8) is 0 Å². The molecule has 4 aromatic rings. The lowest BCUT2D eigenvalue weighted by molar-refractivity contribution is 0.466. The molecule has 0 radical (unpaired) electrons. The summed E-state index contributed by atoms with van der Waals surface area (Å²) in [4.78, 5) is 14.7. The highest BCUT2D eigenvalue weighted by atomic mass is 32.2. The van der Waals surface area contributed by atoms with Gasteiger partial charge in [-0.1, -0.05) is 47.7 Å². The zero-order valence-corrected chi connectivity index (χ0v) is 14.3. The number of H-pyrrole nitrogens is 1. The summed E-state index contributed by atoms with van der Waals surface area (Å²) in [5.41, 5.74) is 3.71. The molecule has 5 nitrogen and oxygen atoms in total. The molecule has 25 heavy (non-hydrogen) atoms. The Morgan fingerprint density at radius 2 is 1.96 bits per heavy atom. The second-order valence-corrected chi connectivity index (χ2v) is 6.66. The molecule has 0 saturated heterocycles. The highest BCUT2D eigenvalue weighted by Gasteiger charge is 2.11. The first-order valence-corrected chi connectivity index (χ1v) is 8.82. The van der Waals surface area contributed by atoms with E-state index in [4.69, 9.17) is 4.42 Å². The summed E-state index contributed by atoms with van der Waals surface area (Å²) in [5.74, 6) is 1.09. The number of hydrogen-bond acceptors (Lipinski definition) is 5. The van der Waals surface area contributed by atoms with Crippen LogP contribution < -0.4 is 5.56 Å². The minimum absolute atomic E-state index is 0.111. The molecule has 0 amide bonds. The van der Waals surface area contributed by atoms with Crippen molar-refractivity contribution in [3.8, 4) is 11.5 Å². The second kappa shape index (κ2) is 6.57. The Labute approximate surface area is 148 Å². The van der Waals surface area contributed by atoms with Crippen LogP contribution in [-0.4, -0.2) is 15.2 Å². The molecule has 0 aliphatic heterocycles. The maximum absolute atomic E-state index is 11.8. The van der Waals surface area contributed by atoms with E-state index in [0.717, 1.165) is 27.6 Å². The molecule has 0 aliphatic rings. The van der Waals surface area contributed by atoms with Crippen molar-refractivity contribution in [3.05, 3.63) is 76.1 Å². The van der Waals surface area contributed by atoms with E-state index < -0.39 is 0 Å². The minimum Gasteiger partial charge on any atom is -0.411 e. The number of aromatic nitrogens is 3. The van der Waals surface area contributed by atoms with Crippen LogP contribution >= 0.6 is 11.8 Å². The molecule has 2 heterocycles. The lowest BCUT2D eigenvalue weighted by atomic mass is 10.1. The number of nitrogens with zero attached hydrogens (tertiary/aromatic N) is 2. The number of aryl methyl sites for hydroxylation is 1. The zero-order chi connectivity index (χ0) is 17.2. The number of thioether (sulfide) groups is 1. The number of fused-ring (bicyclic) bond motifs is 1. The molecule has 1 N–H and O–H groups in total. The number of pyridine rings is 1. The Kier molecular flexibility index (Phi) is 4.11. The number of para-hydroxylation sites is 1. The van der Waals surface area contributed by atoms with Crippen molar-refractivity contribution in [1.29, 1.82) is 0 Å². The minimum atomic E-state index is -0.111. The molecular formula is C19H15N3O2S. The van der Waals surface area contributed by atoms with E-state index in [9.17, 15) is 4.79 Å². The zero-order valence-electron chi connectivity index (χ0n) is 13.5. The van der Waals surface area contributed by atoms with Gasteiger partial charge in [0.25, 0.3) is 5.22 Å². The third-order valence-electron chi connectivity index (χ3n) is 3.86. The number of benzene rings is 2. The van der Waals surface area contributed by atoms with E-state index >= 15 is 0 Å². The summed E-state index contributed by atoms with van der Waals surface area (Å²) in [7, 11) is 0. The fourth-order valence-electron chi connectivity index (χ4n) is 2.70. The SMILES string of the molecule is Cc1cccc(-c2nnc(SCc3cc(=O)[nH]c4ccccc34)o2)c1. The Balaban J connectivity index is 1.58. The molecule has 0 atom stereocenters. The van der Waals surface area contributed by atoms with Gasteiger partial charge in [-0.05, 0) is 30.7 Å². The summed E-state index contributed by atoms with van der Waals surface area (Å²) in [6.45, 7) is 2.02. The highest BCUT2D eigenvalue weighted by Crippen LogP contribution is 2.27. The molecule has 2 aromatic carbocycles. The largest absolute Gasteiger partial charge is 0.411 e. The normalized spacial score (nSPS) is 11.1. The maximum atomic E-state index is 11.8. The summed E-state index contributed by atoms with van der Waals surface area (Å²) in [5, 5.41) is 9.72.